The van der Waals surface area contributed by atoms with Gasteiger partial charge in [-0.15, -0.1) is 0 Å². The number of fused-ring (bicyclic) bond motifs is 1. The van der Waals surface area contributed by atoms with Gasteiger partial charge in [0, 0.05) is 5.56 Å². The molecule has 0 aromatic heterocycles. The van der Waals surface area contributed by atoms with Crippen molar-refractivity contribution in [1.29, 1.82) is 0 Å². The highest BCUT2D eigenvalue weighted by molar-refractivity contribution is 6.10. The quantitative estimate of drug-likeness (QED) is 0.727. The fourth-order valence-corrected chi connectivity index (χ4v) is 2.54. The van der Waals surface area contributed by atoms with Gasteiger partial charge in [-0.25, -0.2) is 9.69 Å². The van der Waals surface area contributed by atoms with Crippen LogP contribution in [0.15, 0.2) is 30.3 Å². The average Bonchev–Trinajstić information content (AvgIpc) is 2.37. The first-order valence-corrected chi connectivity index (χ1v) is 7.08. The molecule has 1 aliphatic heterocycles. The highest BCUT2D eigenvalue weighted by Gasteiger charge is 2.38. The van der Waals surface area contributed by atoms with E-state index in [1.165, 1.54) is 4.90 Å². The Labute approximate surface area is 125 Å². The SMILES string of the molecule is C/C=C1\c2ccccc2C(=O)N(C(=O)OC(C)(C)C)C1C. The summed E-state index contributed by atoms with van der Waals surface area (Å²) in [5.74, 6) is -0.307. The van der Waals surface area contributed by atoms with Crippen LogP contribution in [-0.4, -0.2) is 28.5 Å². The Morgan fingerprint density at radius 2 is 1.81 bits per heavy atom. The number of imide groups is 1. The lowest BCUT2D eigenvalue weighted by Crippen LogP contribution is -2.49. The minimum atomic E-state index is -0.635. The molecule has 0 N–H and O–H groups in total. The van der Waals surface area contributed by atoms with Crippen molar-refractivity contribution in [3.63, 3.8) is 0 Å². The smallest absolute Gasteiger partial charge is 0.417 e. The van der Waals surface area contributed by atoms with Crippen LogP contribution in [0.3, 0.4) is 0 Å². The van der Waals surface area contributed by atoms with Crippen LogP contribution >= 0.6 is 0 Å². The van der Waals surface area contributed by atoms with Crippen LogP contribution in [0.4, 0.5) is 4.79 Å². The third kappa shape index (κ3) is 2.84. The molecule has 0 saturated heterocycles. The molecule has 4 heteroatoms. The number of hydrogen-bond acceptors (Lipinski definition) is 3. The van der Waals surface area contributed by atoms with E-state index in [9.17, 15) is 9.59 Å². The maximum Gasteiger partial charge on any atom is 0.417 e. The second kappa shape index (κ2) is 5.35. The van der Waals surface area contributed by atoms with Crippen molar-refractivity contribution in [2.75, 3.05) is 0 Å². The summed E-state index contributed by atoms with van der Waals surface area (Å²) in [6, 6.07) is 7.00. The molecule has 112 valence electrons. The Kier molecular flexibility index (Phi) is 3.90. The lowest BCUT2D eigenvalue weighted by molar-refractivity contribution is 0.0208. The van der Waals surface area contributed by atoms with Crippen molar-refractivity contribution in [1.82, 2.24) is 4.90 Å². The Hall–Kier alpha value is -2.10. The van der Waals surface area contributed by atoms with Crippen molar-refractivity contribution in [3.8, 4) is 0 Å². The van der Waals surface area contributed by atoms with Crippen LogP contribution in [0.5, 0.6) is 0 Å². The third-order valence-electron chi connectivity index (χ3n) is 3.43. The van der Waals surface area contributed by atoms with Gasteiger partial charge in [0.15, 0.2) is 0 Å². The van der Waals surface area contributed by atoms with Crippen molar-refractivity contribution >= 4 is 17.6 Å². The normalized spacial score (nSPS) is 20.4. The molecule has 1 unspecified atom stereocenters. The Morgan fingerprint density at radius 1 is 1.24 bits per heavy atom. The predicted octanol–water partition coefficient (Wildman–Crippen LogP) is 3.87. The molecular formula is C17H21NO3. The molecule has 4 nitrogen and oxygen atoms in total. The van der Waals surface area contributed by atoms with Gasteiger partial charge in [-0.1, -0.05) is 24.3 Å². The molecule has 1 heterocycles. The van der Waals surface area contributed by atoms with E-state index < -0.39 is 11.7 Å². The van der Waals surface area contributed by atoms with Gasteiger partial charge < -0.3 is 4.74 Å². The molecule has 1 aromatic carbocycles. The van der Waals surface area contributed by atoms with Crippen LogP contribution in [0, 0.1) is 0 Å². The molecule has 0 saturated carbocycles. The fraction of sp³-hybridized carbons (Fsp3) is 0.412. The van der Waals surface area contributed by atoms with E-state index in [1.54, 1.807) is 32.9 Å². The zero-order valence-electron chi connectivity index (χ0n) is 13.1. The zero-order valence-corrected chi connectivity index (χ0v) is 13.1. The molecule has 1 aromatic rings. The Bertz CT molecular complexity index is 611. The predicted molar refractivity (Wildman–Crippen MR) is 82.0 cm³/mol. The summed E-state index contributed by atoms with van der Waals surface area (Å²) < 4.78 is 5.36. The first kappa shape index (κ1) is 15.3. The van der Waals surface area contributed by atoms with Gasteiger partial charge in [0.2, 0.25) is 0 Å². The van der Waals surface area contributed by atoms with Crippen molar-refractivity contribution in [2.45, 2.75) is 46.3 Å². The van der Waals surface area contributed by atoms with Crippen molar-refractivity contribution in [3.05, 3.63) is 41.5 Å². The monoisotopic (exact) mass is 287 g/mol. The topological polar surface area (TPSA) is 46.6 Å². The largest absolute Gasteiger partial charge is 0.443 e. The summed E-state index contributed by atoms with van der Waals surface area (Å²) in [6.45, 7) is 9.11. The van der Waals surface area contributed by atoms with Crippen LogP contribution < -0.4 is 0 Å². The summed E-state index contributed by atoms with van der Waals surface area (Å²) >= 11 is 0. The fourth-order valence-electron chi connectivity index (χ4n) is 2.54. The van der Waals surface area contributed by atoms with Crippen LogP contribution in [0.2, 0.25) is 0 Å². The molecule has 0 spiro atoms. The number of nitrogens with zero attached hydrogens (tertiary/aromatic N) is 1. The number of carbonyl (C=O) groups is 2. The molecule has 2 rings (SSSR count). The average molecular weight is 287 g/mol. The number of benzene rings is 1. The van der Waals surface area contributed by atoms with E-state index in [-0.39, 0.29) is 11.9 Å². The second-order valence-electron chi connectivity index (χ2n) is 6.12. The van der Waals surface area contributed by atoms with Gasteiger partial charge in [-0.05, 0) is 51.8 Å². The van der Waals surface area contributed by atoms with Crippen LogP contribution in [0.25, 0.3) is 5.57 Å². The molecule has 1 atom stereocenters. The molecule has 0 fully saturated rings. The molecule has 0 aliphatic carbocycles. The minimum absolute atomic E-state index is 0.307. The van der Waals surface area contributed by atoms with E-state index in [0.29, 0.717) is 5.56 Å². The Morgan fingerprint density at radius 3 is 2.33 bits per heavy atom. The minimum Gasteiger partial charge on any atom is -0.443 e. The van der Waals surface area contributed by atoms with Gasteiger partial charge in [-0.2, -0.15) is 0 Å². The van der Waals surface area contributed by atoms with Gasteiger partial charge in [0.05, 0.1) is 6.04 Å². The van der Waals surface area contributed by atoms with E-state index in [2.05, 4.69) is 0 Å². The highest BCUT2D eigenvalue weighted by Crippen LogP contribution is 2.33. The van der Waals surface area contributed by atoms with Gasteiger partial charge in [0.1, 0.15) is 5.60 Å². The summed E-state index contributed by atoms with van der Waals surface area (Å²) in [7, 11) is 0. The zero-order chi connectivity index (χ0) is 15.8. The molecule has 1 aliphatic rings. The molecular weight excluding hydrogens is 266 g/mol. The molecule has 21 heavy (non-hydrogen) atoms. The number of amides is 2. The van der Waals surface area contributed by atoms with Crippen LogP contribution in [-0.2, 0) is 4.74 Å². The first-order valence-electron chi connectivity index (χ1n) is 7.08. The van der Waals surface area contributed by atoms with Gasteiger partial charge >= 0.3 is 6.09 Å². The lowest BCUT2D eigenvalue weighted by Gasteiger charge is -2.35. The van der Waals surface area contributed by atoms with Crippen molar-refractivity contribution in [2.24, 2.45) is 0 Å². The van der Waals surface area contributed by atoms with E-state index in [1.807, 2.05) is 32.1 Å². The number of allylic oxidation sites excluding steroid dienone is 1. The third-order valence-corrected chi connectivity index (χ3v) is 3.43. The first-order chi connectivity index (χ1) is 9.76. The number of carbonyl (C=O) groups excluding carboxylic acids is 2. The molecule has 2 amide bonds. The summed E-state index contributed by atoms with van der Waals surface area (Å²) in [6.07, 6.45) is 1.33. The maximum atomic E-state index is 12.6. The van der Waals surface area contributed by atoms with E-state index in [0.717, 1.165) is 11.1 Å². The summed E-state index contributed by atoms with van der Waals surface area (Å²) in [5.41, 5.74) is 1.74. The summed E-state index contributed by atoms with van der Waals surface area (Å²) in [4.78, 5) is 26.2. The second-order valence-corrected chi connectivity index (χ2v) is 6.12. The van der Waals surface area contributed by atoms with Crippen LogP contribution in [0.1, 0.15) is 50.5 Å². The highest BCUT2D eigenvalue weighted by atomic mass is 16.6. The van der Waals surface area contributed by atoms with Crippen molar-refractivity contribution < 1.29 is 14.3 Å². The number of rotatable bonds is 0. The number of ether oxygens (including phenoxy) is 1. The van der Waals surface area contributed by atoms with Gasteiger partial charge in [-0.3, -0.25) is 4.79 Å². The number of hydrogen-bond donors (Lipinski definition) is 0. The van der Waals surface area contributed by atoms with E-state index >= 15 is 0 Å². The Balaban J connectivity index is 2.46. The summed E-state index contributed by atoms with van der Waals surface area (Å²) in [5, 5.41) is 0. The molecule has 0 bridgehead atoms. The van der Waals surface area contributed by atoms with Gasteiger partial charge in [0.25, 0.3) is 5.91 Å². The van der Waals surface area contributed by atoms with E-state index in [4.69, 9.17) is 4.74 Å². The standard InChI is InChI=1S/C17H21NO3/c1-6-12-11(2)18(16(20)21-17(3,4)5)15(19)14-10-8-7-9-13(12)14/h6-11H,1-5H3/b12-6-. The lowest BCUT2D eigenvalue weighted by atomic mass is 9.89. The molecule has 0 radical (unpaired) electrons. The maximum absolute atomic E-state index is 12.6.